The van der Waals surface area contributed by atoms with E-state index in [0.29, 0.717) is 18.5 Å². The van der Waals surface area contributed by atoms with Crippen molar-refractivity contribution in [2.45, 2.75) is 6.42 Å². The van der Waals surface area contributed by atoms with Gasteiger partial charge in [0.05, 0.1) is 12.0 Å². The van der Waals surface area contributed by atoms with Crippen LogP contribution in [-0.2, 0) is 6.42 Å². The summed E-state index contributed by atoms with van der Waals surface area (Å²) in [7, 11) is 0. The molecule has 4 rings (SSSR count). The van der Waals surface area contributed by atoms with Gasteiger partial charge in [-0.2, -0.15) is 0 Å². The Hall–Kier alpha value is -3.41. The molecule has 4 aromatic rings. The average molecular weight is 331 g/mol. The summed E-state index contributed by atoms with van der Waals surface area (Å²) in [6.07, 6.45) is 9.96. The van der Waals surface area contributed by atoms with Crippen LogP contribution in [-0.4, -0.2) is 31.4 Å². The minimum Gasteiger partial charge on any atom is -0.352 e. The number of aromatic nitrogens is 4. The second-order valence-electron chi connectivity index (χ2n) is 5.72. The average Bonchev–Trinajstić information content (AvgIpc) is 3.31. The standard InChI is InChI=1S/C19H17N5O/c25-19(15-4-6-17(7-5-15)24-12-10-20-14-24)21-9-8-16-13-23-11-2-1-3-18(23)22-16/h1-7,10-14H,8-9H2,(H,21,25). The van der Waals surface area contributed by atoms with Crippen LogP contribution >= 0.6 is 0 Å². The molecule has 6 heteroatoms. The van der Waals surface area contributed by atoms with Gasteiger partial charge in [0.1, 0.15) is 5.65 Å². The number of amides is 1. The largest absolute Gasteiger partial charge is 0.352 e. The minimum absolute atomic E-state index is 0.0825. The van der Waals surface area contributed by atoms with Crippen LogP contribution in [0.3, 0.4) is 0 Å². The first kappa shape index (κ1) is 15.1. The molecule has 0 unspecified atom stereocenters. The van der Waals surface area contributed by atoms with Gasteiger partial charge in [-0.25, -0.2) is 9.97 Å². The van der Waals surface area contributed by atoms with E-state index >= 15 is 0 Å². The SMILES string of the molecule is O=C(NCCc1cn2ccccc2n1)c1ccc(-n2ccnc2)cc1. The van der Waals surface area contributed by atoms with Crippen molar-refractivity contribution >= 4 is 11.6 Å². The molecule has 0 saturated heterocycles. The van der Waals surface area contributed by atoms with Gasteiger partial charge >= 0.3 is 0 Å². The number of carbonyl (C=O) groups is 1. The van der Waals surface area contributed by atoms with Crippen molar-refractivity contribution in [2.24, 2.45) is 0 Å². The summed E-state index contributed by atoms with van der Waals surface area (Å²) in [6.45, 7) is 0.548. The first-order valence-electron chi connectivity index (χ1n) is 8.09. The van der Waals surface area contributed by atoms with Gasteiger partial charge in [-0.1, -0.05) is 6.07 Å². The first-order valence-corrected chi connectivity index (χ1v) is 8.09. The highest BCUT2D eigenvalue weighted by Gasteiger charge is 2.06. The maximum atomic E-state index is 12.2. The zero-order valence-electron chi connectivity index (χ0n) is 13.5. The Morgan fingerprint density at radius 1 is 1.08 bits per heavy atom. The molecule has 0 radical (unpaired) electrons. The van der Waals surface area contributed by atoms with E-state index in [9.17, 15) is 4.79 Å². The van der Waals surface area contributed by atoms with Gasteiger partial charge in [-0.3, -0.25) is 4.79 Å². The van der Waals surface area contributed by atoms with Crippen LogP contribution in [0.2, 0.25) is 0 Å². The predicted octanol–water partition coefficient (Wildman–Crippen LogP) is 2.49. The summed E-state index contributed by atoms with van der Waals surface area (Å²) in [6, 6.07) is 13.3. The Kier molecular flexibility index (Phi) is 4.00. The Balaban J connectivity index is 1.35. The lowest BCUT2D eigenvalue weighted by Gasteiger charge is -2.06. The fourth-order valence-electron chi connectivity index (χ4n) is 2.71. The van der Waals surface area contributed by atoms with Crippen molar-refractivity contribution in [3.05, 3.63) is 84.8 Å². The van der Waals surface area contributed by atoms with Crippen molar-refractivity contribution in [1.82, 2.24) is 24.3 Å². The number of benzene rings is 1. The van der Waals surface area contributed by atoms with E-state index in [1.54, 1.807) is 12.5 Å². The maximum absolute atomic E-state index is 12.2. The van der Waals surface area contributed by atoms with Gasteiger partial charge in [0.2, 0.25) is 0 Å². The van der Waals surface area contributed by atoms with Crippen molar-refractivity contribution < 1.29 is 4.79 Å². The second kappa shape index (κ2) is 6.60. The van der Waals surface area contributed by atoms with E-state index in [1.165, 1.54) is 0 Å². The number of carbonyl (C=O) groups excluding carboxylic acids is 1. The van der Waals surface area contributed by atoms with E-state index < -0.39 is 0 Å². The van der Waals surface area contributed by atoms with E-state index in [0.717, 1.165) is 17.0 Å². The molecule has 1 N–H and O–H groups in total. The molecular weight excluding hydrogens is 314 g/mol. The third-order valence-corrected chi connectivity index (χ3v) is 4.01. The van der Waals surface area contributed by atoms with Gasteiger partial charge in [-0.15, -0.1) is 0 Å². The van der Waals surface area contributed by atoms with Crippen molar-refractivity contribution in [3.8, 4) is 5.69 Å². The highest BCUT2D eigenvalue weighted by Crippen LogP contribution is 2.09. The summed E-state index contributed by atoms with van der Waals surface area (Å²) in [5.74, 6) is -0.0825. The van der Waals surface area contributed by atoms with Gasteiger partial charge < -0.3 is 14.3 Å². The molecule has 3 heterocycles. The highest BCUT2D eigenvalue weighted by molar-refractivity contribution is 5.94. The summed E-state index contributed by atoms with van der Waals surface area (Å²) in [5, 5.41) is 2.94. The summed E-state index contributed by atoms with van der Waals surface area (Å²) in [5.41, 5.74) is 3.48. The van der Waals surface area contributed by atoms with Crippen LogP contribution < -0.4 is 5.32 Å². The molecule has 1 amide bonds. The van der Waals surface area contributed by atoms with E-state index in [4.69, 9.17) is 0 Å². The molecule has 0 saturated carbocycles. The lowest BCUT2D eigenvalue weighted by atomic mass is 10.2. The highest BCUT2D eigenvalue weighted by atomic mass is 16.1. The van der Waals surface area contributed by atoms with Gasteiger partial charge in [0, 0.05) is 49.0 Å². The van der Waals surface area contributed by atoms with Crippen molar-refractivity contribution in [1.29, 1.82) is 0 Å². The number of nitrogens with one attached hydrogen (secondary N) is 1. The second-order valence-corrected chi connectivity index (χ2v) is 5.72. The molecule has 3 aromatic heterocycles. The molecule has 0 spiro atoms. The zero-order valence-corrected chi connectivity index (χ0v) is 13.5. The Morgan fingerprint density at radius 2 is 1.96 bits per heavy atom. The van der Waals surface area contributed by atoms with E-state index in [1.807, 2.05) is 70.0 Å². The fourth-order valence-corrected chi connectivity index (χ4v) is 2.71. The van der Waals surface area contributed by atoms with Gasteiger partial charge in [0.15, 0.2) is 0 Å². The zero-order chi connectivity index (χ0) is 17.1. The normalized spacial score (nSPS) is 10.9. The van der Waals surface area contributed by atoms with Crippen LogP contribution in [0.4, 0.5) is 0 Å². The topological polar surface area (TPSA) is 64.2 Å². The van der Waals surface area contributed by atoms with E-state index in [2.05, 4.69) is 15.3 Å². The van der Waals surface area contributed by atoms with Crippen LogP contribution in [0.1, 0.15) is 16.1 Å². The lowest BCUT2D eigenvalue weighted by Crippen LogP contribution is -2.25. The van der Waals surface area contributed by atoms with E-state index in [-0.39, 0.29) is 5.91 Å². The smallest absolute Gasteiger partial charge is 0.251 e. The number of fused-ring (bicyclic) bond motifs is 1. The number of hydrogen-bond donors (Lipinski definition) is 1. The van der Waals surface area contributed by atoms with Crippen molar-refractivity contribution in [2.75, 3.05) is 6.54 Å². The number of hydrogen-bond acceptors (Lipinski definition) is 3. The molecule has 124 valence electrons. The Bertz CT molecular complexity index is 953. The number of pyridine rings is 1. The van der Waals surface area contributed by atoms with Crippen molar-refractivity contribution in [3.63, 3.8) is 0 Å². The van der Waals surface area contributed by atoms with Gasteiger partial charge in [-0.05, 0) is 36.4 Å². The molecule has 1 aromatic carbocycles. The van der Waals surface area contributed by atoms with Crippen LogP contribution in [0, 0.1) is 0 Å². The third-order valence-electron chi connectivity index (χ3n) is 4.01. The molecule has 0 atom stereocenters. The van der Waals surface area contributed by atoms with Crippen LogP contribution in [0.15, 0.2) is 73.6 Å². The summed E-state index contributed by atoms with van der Waals surface area (Å²) >= 11 is 0. The molecule has 6 nitrogen and oxygen atoms in total. The summed E-state index contributed by atoms with van der Waals surface area (Å²) in [4.78, 5) is 20.8. The number of imidazole rings is 2. The fraction of sp³-hybridized carbons (Fsp3) is 0.105. The lowest BCUT2D eigenvalue weighted by molar-refractivity contribution is 0.0954. The summed E-state index contributed by atoms with van der Waals surface area (Å²) < 4.78 is 3.87. The molecule has 0 aliphatic heterocycles. The Morgan fingerprint density at radius 3 is 2.72 bits per heavy atom. The van der Waals surface area contributed by atoms with Gasteiger partial charge in [0.25, 0.3) is 5.91 Å². The first-order chi connectivity index (χ1) is 12.3. The molecule has 25 heavy (non-hydrogen) atoms. The predicted molar refractivity (Wildman–Crippen MR) is 94.8 cm³/mol. The molecule has 0 aliphatic carbocycles. The molecular formula is C19H17N5O. The molecule has 0 aliphatic rings. The van der Waals surface area contributed by atoms with Crippen LogP contribution in [0.5, 0.6) is 0 Å². The number of nitrogens with zero attached hydrogens (tertiary/aromatic N) is 4. The molecule has 0 bridgehead atoms. The monoisotopic (exact) mass is 331 g/mol. The number of rotatable bonds is 5. The molecule has 0 fully saturated rings. The quantitative estimate of drug-likeness (QED) is 0.611. The third kappa shape index (κ3) is 3.28. The maximum Gasteiger partial charge on any atom is 0.251 e. The van der Waals surface area contributed by atoms with Crippen LogP contribution in [0.25, 0.3) is 11.3 Å². The minimum atomic E-state index is -0.0825. The Labute approximate surface area is 144 Å².